The molecule has 0 aliphatic carbocycles. The van der Waals surface area contributed by atoms with Gasteiger partial charge in [0.05, 0.1) is 0 Å². The minimum absolute atomic E-state index is 0.390. The molecule has 2 atom stereocenters. The number of benzene rings is 1. The molecule has 2 N–H and O–H groups in total. The lowest BCUT2D eigenvalue weighted by Gasteiger charge is -2.48. The first kappa shape index (κ1) is 13.5. The van der Waals surface area contributed by atoms with E-state index >= 15 is 0 Å². The summed E-state index contributed by atoms with van der Waals surface area (Å²) in [5, 5.41) is 11.0. The van der Waals surface area contributed by atoms with E-state index in [0.717, 1.165) is 36.0 Å². The number of hydrogen-bond acceptors (Lipinski definition) is 2. The van der Waals surface area contributed by atoms with E-state index in [-0.39, 0.29) is 0 Å². The molecule has 0 amide bonds. The molecule has 0 saturated carbocycles. The first-order valence-corrected chi connectivity index (χ1v) is 7.78. The van der Waals surface area contributed by atoms with Crippen LogP contribution in [0.2, 0.25) is 0 Å². The van der Waals surface area contributed by atoms with Crippen molar-refractivity contribution in [3.8, 4) is 5.75 Å². The van der Waals surface area contributed by atoms with Crippen molar-refractivity contribution in [2.24, 2.45) is 0 Å². The van der Waals surface area contributed by atoms with Crippen LogP contribution in [0.4, 0.5) is 0 Å². The molecule has 0 radical (unpaired) electrons. The van der Waals surface area contributed by atoms with Crippen molar-refractivity contribution in [2.45, 2.75) is 51.6 Å². The summed E-state index contributed by atoms with van der Waals surface area (Å²) in [6.07, 6.45) is 6.90. The van der Waals surface area contributed by atoms with Crippen molar-refractivity contribution in [1.29, 1.82) is 0 Å². The normalized spacial score (nSPS) is 23.1. The smallest absolute Gasteiger partial charge is 0.125 e. The quantitative estimate of drug-likeness (QED) is 0.871. The maximum atomic E-state index is 10.0. The summed E-state index contributed by atoms with van der Waals surface area (Å²) in [6.45, 7) is 5.65. The van der Waals surface area contributed by atoms with Gasteiger partial charge in [-0.05, 0) is 43.4 Å². The largest absolute Gasteiger partial charge is 0.507 e. The highest BCUT2D eigenvalue weighted by molar-refractivity contribution is 5.88. The van der Waals surface area contributed by atoms with Crippen molar-refractivity contribution in [3.05, 3.63) is 30.0 Å². The number of phenolic OH excluding ortho intramolecular Hbond substituents is 1. The summed E-state index contributed by atoms with van der Waals surface area (Å²) in [5.41, 5.74) is 2.26. The van der Waals surface area contributed by atoms with Gasteiger partial charge in [-0.2, -0.15) is 0 Å². The molecule has 3 heteroatoms. The standard InChI is InChI=1S/C17H24N2O/c1-3-13-10-14(4-2)19(13)9-8-12-11-18-15-6-5-7-16(20)17(12)15/h5-7,11,13-14,18,20H,3-4,8-10H2,1-2H3. The van der Waals surface area contributed by atoms with Gasteiger partial charge in [-0.1, -0.05) is 19.9 Å². The summed E-state index contributed by atoms with van der Waals surface area (Å²) < 4.78 is 0. The molecule has 1 aliphatic heterocycles. The summed E-state index contributed by atoms with van der Waals surface area (Å²) in [7, 11) is 0. The Morgan fingerprint density at radius 1 is 1.25 bits per heavy atom. The number of likely N-dealkylation sites (tertiary alicyclic amines) is 1. The van der Waals surface area contributed by atoms with E-state index in [0.29, 0.717) is 5.75 Å². The third kappa shape index (κ3) is 2.20. The second kappa shape index (κ2) is 5.49. The van der Waals surface area contributed by atoms with E-state index in [1.807, 2.05) is 18.3 Å². The van der Waals surface area contributed by atoms with Crippen LogP contribution in [0.3, 0.4) is 0 Å². The van der Waals surface area contributed by atoms with Gasteiger partial charge in [-0.3, -0.25) is 4.90 Å². The van der Waals surface area contributed by atoms with Crippen molar-refractivity contribution >= 4 is 10.9 Å². The number of aromatic nitrogens is 1. The minimum atomic E-state index is 0.390. The first-order valence-electron chi connectivity index (χ1n) is 7.78. The zero-order valence-corrected chi connectivity index (χ0v) is 12.4. The van der Waals surface area contributed by atoms with Crippen LogP contribution in [0, 0.1) is 0 Å². The fourth-order valence-electron chi connectivity index (χ4n) is 3.59. The summed E-state index contributed by atoms with van der Waals surface area (Å²) in [5.74, 6) is 0.390. The van der Waals surface area contributed by atoms with Crippen molar-refractivity contribution < 1.29 is 5.11 Å². The summed E-state index contributed by atoms with van der Waals surface area (Å²) in [4.78, 5) is 5.90. The van der Waals surface area contributed by atoms with Crippen molar-refractivity contribution in [1.82, 2.24) is 9.88 Å². The lowest BCUT2D eigenvalue weighted by atomic mass is 9.88. The van der Waals surface area contributed by atoms with E-state index < -0.39 is 0 Å². The molecule has 108 valence electrons. The molecular formula is C17H24N2O. The number of aromatic hydroxyl groups is 1. The molecule has 1 saturated heterocycles. The monoisotopic (exact) mass is 272 g/mol. The average molecular weight is 272 g/mol. The number of nitrogens with zero attached hydrogens (tertiary/aromatic N) is 1. The highest BCUT2D eigenvalue weighted by Gasteiger charge is 2.35. The Bertz CT molecular complexity index is 580. The molecule has 2 heterocycles. The fraction of sp³-hybridized carbons (Fsp3) is 0.529. The van der Waals surface area contributed by atoms with E-state index in [4.69, 9.17) is 0 Å². The summed E-state index contributed by atoms with van der Waals surface area (Å²) >= 11 is 0. The van der Waals surface area contributed by atoms with Crippen LogP contribution >= 0.6 is 0 Å². The molecule has 0 bridgehead atoms. The summed E-state index contributed by atoms with van der Waals surface area (Å²) in [6, 6.07) is 7.20. The number of hydrogen-bond donors (Lipinski definition) is 2. The topological polar surface area (TPSA) is 39.3 Å². The van der Waals surface area contributed by atoms with E-state index in [1.54, 1.807) is 6.07 Å². The number of nitrogens with one attached hydrogen (secondary N) is 1. The Morgan fingerprint density at radius 2 is 2.00 bits per heavy atom. The average Bonchev–Trinajstić information content (AvgIpc) is 2.83. The SMILES string of the molecule is CCC1CC(CC)N1CCc1c[nH]c2cccc(O)c12. The highest BCUT2D eigenvalue weighted by atomic mass is 16.3. The van der Waals surface area contributed by atoms with Crippen LogP contribution < -0.4 is 0 Å². The number of fused-ring (bicyclic) bond motifs is 1. The lowest BCUT2D eigenvalue weighted by Crippen LogP contribution is -2.55. The minimum Gasteiger partial charge on any atom is -0.507 e. The molecule has 1 fully saturated rings. The van der Waals surface area contributed by atoms with E-state index in [1.165, 1.54) is 24.8 Å². The number of aromatic amines is 1. The van der Waals surface area contributed by atoms with Gasteiger partial charge in [0.25, 0.3) is 0 Å². The van der Waals surface area contributed by atoms with Gasteiger partial charge in [0.2, 0.25) is 0 Å². The molecular weight excluding hydrogens is 248 g/mol. The Labute approximate surface area is 120 Å². The molecule has 20 heavy (non-hydrogen) atoms. The van der Waals surface area contributed by atoms with Gasteiger partial charge < -0.3 is 10.1 Å². The van der Waals surface area contributed by atoms with Gasteiger partial charge in [0.1, 0.15) is 5.75 Å². The Hall–Kier alpha value is -1.48. The molecule has 2 unspecified atom stereocenters. The third-order valence-electron chi connectivity index (χ3n) is 4.83. The molecule has 2 aromatic rings. The van der Waals surface area contributed by atoms with Crippen LogP contribution in [-0.2, 0) is 6.42 Å². The third-order valence-corrected chi connectivity index (χ3v) is 4.83. The number of phenols is 1. The molecule has 1 aromatic heterocycles. The van der Waals surface area contributed by atoms with Gasteiger partial charge in [-0.15, -0.1) is 0 Å². The van der Waals surface area contributed by atoms with E-state index in [9.17, 15) is 5.11 Å². The maximum absolute atomic E-state index is 10.0. The number of H-pyrrole nitrogens is 1. The molecule has 3 nitrogen and oxygen atoms in total. The van der Waals surface area contributed by atoms with Crippen LogP contribution in [0.5, 0.6) is 5.75 Å². The Morgan fingerprint density at radius 3 is 2.70 bits per heavy atom. The Kier molecular flexibility index (Phi) is 3.70. The van der Waals surface area contributed by atoms with Crippen LogP contribution in [-0.4, -0.2) is 33.6 Å². The van der Waals surface area contributed by atoms with Crippen LogP contribution in [0.15, 0.2) is 24.4 Å². The predicted molar refractivity (Wildman–Crippen MR) is 83.1 cm³/mol. The molecule has 1 aliphatic rings. The van der Waals surface area contributed by atoms with Crippen molar-refractivity contribution in [2.75, 3.05) is 6.54 Å². The fourth-order valence-corrected chi connectivity index (χ4v) is 3.59. The molecule has 0 spiro atoms. The van der Waals surface area contributed by atoms with Crippen LogP contribution in [0.1, 0.15) is 38.7 Å². The van der Waals surface area contributed by atoms with Crippen molar-refractivity contribution in [3.63, 3.8) is 0 Å². The molecule has 1 aromatic carbocycles. The van der Waals surface area contributed by atoms with Gasteiger partial charge >= 0.3 is 0 Å². The van der Waals surface area contributed by atoms with Gasteiger partial charge in [-0.25, -0.2) is 0 Å². The Balaban J connectivity index is 1.74. The zero-order valence-electron chi connectivity index (χ0n) is 12.4. The first-order chi connectivity index (χ1) is 9.74. The second-order valence-corrected chi connectivity index (χ2v) is 5.86. The highest BCUT2D eigenvalue weighted by Crippen LogP contribution is 2.32. The predicted octanol–water partition coefficient (Wildman–Crippen LogP) is 3.68. The lowest BCUT2D eigenvalue weighted by molar-refractivity contribution is 0.0121. The van der Waals surface area contributed by atoms with Crippen LogP contribution in [0.25, 0.3) is 10.9 Å². The number of rotatable bonds is 5. The maximum Gasteiger partial charge on any atom is 0.125 e. The molecule has 3 rings (SSSR count). The van der Waals surface area contributed by atoms with Gasteiger partial charge in [0.15, 0.2) is 0 Å². The van der Waals surface area contributed by atoms with E-state index in [2.05, 4.69) is 23.7 Å². The zero-order chi connectivity index (χ0) is 14.1. The second-order valence-electron chi connectivity index (χ2n) is 5.86. The van der Waals surface area contributed by atoms with Gasteiger partial charge in [0, 0.05) is 35.7 Å².